The molecule has 0 atom stereocenters. The molecule has 2 aliphatic rings. The van der Waals surface area contributed by atoms with Gasteiger partial charge in [0.2, 0.25) is 5.89 Å². The van der Waals surface area contributed by atoms with E-state index >= 15 is 0 Å². The van der Waals surface area contributed by atoms with Gasteiger partial charge in [0.25, 0.3) is 5.56 Å². The zero-order chi connectivity index (χ0) is 28.4. The lowest BCUT2D eigenvalue weighted by Crippen LogP contribution is -2.36. The molecule has 1 fully saturated rings. The van der Waals surface area contributed by atoms with Gasteiger partial charge in [-0.3, -0.25) is 9.36 Å². The Morgan fingerprint density at radius 1 is 1.07 bits per heavy atom. The minimum atomic E-state index is 0.106. The Morgan fingerprint density at radius 3 is 2.54 bits per heavy atom. The van der Waals surface area contributed by atoms with Crippen molar-refractivity contribution in [3.05, 3.63) is 99.6 Å². The van der Waals surface area contributed by atoms with E-state index in [1.165, 1.54) is 19.3 Å². The standard InChI is InChI=1S/C18H21N3OS.C13H15N3O2/c1-20-11-10-16-15(12-20)17(22)21(13-6-3-2-4-7-13)18(19-16)23-14-8-5-9-14;17-8-4-7-14-10-13-15-12(16-18-13)9-11-5-2-1-3-6-11/h2-4,6-7,14H,5,8-12H2,1H3;1-3,5-6,8,14H,4,7,9-10H2. The first-order valence-electron chi connectivity index (χ1n) is 14.2. The van der Waals surface area contributed by atoms with Crippen molar-refractivity contribution in [2.75, 3.05) is 20.1 Å². The van der Waals surface area contributed by atoms with Gasteiger partial charge in [-0.05, 0) is 37.6 Å². The van der Waals surface area contributed by atoms with Gasteiger partial charge in [-0.2, -0.15) is 4.98 Å². The summed E-state index contributed by atoms with van der Waals surface area (Å²) >= 11 is 1.78. The van der Waals surface area contributed by atoms with Crippen LogP contribution >= 0.6 is 11.8 Å². The fraction of sp³-hybridized carbons (Fsp3) is 0.387. The number of nitrogens with one attached hydrogen (secondary N) is 1. The summed E-state index contributed by atoms with van der Waals surface area (Å²) in [6.45, 7) is 2.79. The number of benzene rings is 2. The van der Waals surface area contributed by atoms with Crippen LogP contribution in [0.15, 0.2) is 75.1 Å². The Bertz CT molecular complexity index is 1470. The normalized spacial score (nSPS) is 15.0. The number of carbonyl (C=O) groups is 1. The van der Waals surface area contributed by atoms with Gasteiger partial charge < -0.3 is 19.5 Å². The van der Waals surface area contributed by atoms with Gasteiger partial charge in [0.15, 0.2) is 11.0 Å². The first kappa shape index (κ1) is 28.9. The Balaban J connectivity index is 0.000000170. The number of rotatable bonds is 10. The van der Waals surface area contributed by atoms with Crippen LogP contribution in [-0.2, 0) is 30.7 Å². The maximum Gasteiger partial charge on any atom is 0.263 e. The highest BCUT2D eigenvalue weighted by atomic mass is 32.2. The van der Waals surface area contributed by atoms with Crippen molar-refractivity contribution in [2.45, 2.75) is 62.0 Å². The average Bonchev–Trinajstić information content (AvgIpc) is 3.42. The van der Waals surface area contributed by atoms with Gasteiger partial charge in [-0.25, -0.2) is 4.98 Å². The number of hydrogen-bond acceptors (Lipinski definition) is 9. The molecule has 10 heteroatoms. The topological polar surface area (TPSA) is 106 Å². The van der Waals surface area contributed by atoms with Crippen molar-refractivity contribution in [3.8, 4) is 5.69 Å². The maximum absolute atomic E-state index is 13.2. The number of aldehydes is 1. The second kappa shape index (κ2) is 14.3. The fourth-order valence-corrected chi connectivity index (χ4v) is 6.00. The number of thioether (sulfide) groups is 1. The molecule has 0 amide bonds. The zero-order valence-corrected chi connectivity index (χ0v) is 24.2. The first-order chi connectivity index (χ1) is 20.1. The molecule has 0 saturated heterocycles. The lowest BCUT2D eigenvalue weighted by Gasteiger charge is -2.28. The number of nitrogens with zero attached hydrogens (tertiary/aromatic N) is 5. The number of aromatic nitrogens is 4. The predicted molar refractivity (Wildman–Crippen MR) is 159 cm³/mol. The minimum absolute atomic E-state index is 0.106. The molecule has 1 N–H and O–H groups in total. The van der Waals surface area contributed by atoms with Crippen molar-refractivity contribution in [1.82, 2.24) is 29.9 Å². The number of hydrogen-bond donors (Lipinski definition) is 1. The number of fused-ring (bicyclic) bond motifs is 1. The van der Waals surface area contributed by atoms with E-state index in [0.29, 0.717) is 49.4 Å². The fourth-order valence-electron chi connectivity index (χ4n) is 4.68. The van der Waals surface area contributed by atoms with Crippen LogP contribution in [0, 0.1) is 0 Å². The van der Waals surface area contributed by atoms with Crippen LogP contribution in [0.3, 0.4) is 0 Å². The molecule has 0 bridgehead atoms. The van der Waals surface area contributed by atoms with E-state index in [9.17, 15) is 9.59 Å². The summed E-state index contributed by atoms with van der Waals surface area (Å²) < 4.78 is 6.93. The van der Waals surface area contributed by atoms with Crippen LogP contribution in [0.1, 0.15) is 54.2 Å². The Kier molecular flexibility index (Phi) is 10.1. The quantitative estimate of drug-likeness (QED) is 0.170. The average molecular weight is 573 g/mol. The van der Waals surface area contributed by atoms with E-state index in [0.717, 1.165) is 46.9 Å². The molecule has 1 saturated carbocycles. The summed E-state index contributed by atoms with van der Waals surface area (Å²) in [6, 6.07) is 19.9. The molecule has 214 valence electrons. The molecule has 0 spiro atoms. The van der Waals surface area contributed by atoms with E-state index in [4.69, 9.17) is 9.51 Å². The molecule has 41 heavy (non-hydrogen) atoms. The third-order valence-electron chi connectivity index (χ3n) is 7.16. The van der Waals surface area contributed by atoms with Crippen LogP contribution in [0.4, 0.5) is 0 Å². The largest absolute Gasteiger partial charge is 0.338 e. The van der Waals surface area contributed by atoms with E-state index in [-0.39, 0.29) is 5.56 Å². The van der Waals surface area contributed by atoms with Crippen molar-refractivity contribution in [3.63, 3.8) is 0 Å². The van der Waals surface area contributed by atoms with E-state index in [2.05, 4.69) is 27.4 Å². The molecule has 1 aliphatic carbocycles. The Labute approximate surface area is 244 Å². The molecule has 2 aromatic heterocycles. The van der Waals surface area contributed by atoms with Crippen LogP contribution < -0.4 is 10.9 Å². The Hall–Kier alpha value is -3.60. The highest BCUT2D eigenvalue weighted by Crippen LogP contribution is 2.36. The number of carbonyl (C=O) groups excluding carboxylic acids is 1. The molecule has 0 unspecified atom stereocenters. The van der Waals surface area contributed by atoms with E-state index in [1.54, 1.807) is 11.8 Å². The third kappa shape index (κ3) is 7.78. The van der Waals surface area contributed by atoms with Gasteiger partial charge in [-0.15, -0.1) is 0 Å². The van der Waals surface area contributed by atoms with E-state index in [1.807, 2.05) is 65.2 Å². The zero-order valence-electron chi connectivity index (χ0n) is 23.4. The van der Waals surface area contributed by atoms with Crippen LogP contribution in [0.25, 0.3) is 5.69 Å². The van der Waals surface area contributed by atoms with Crippen LogP contribution in [-0.4, -0.2) is 56.3 Å². The molecule has 6 rings (SSSR count). The lowest BCUT2D eigenvalue weighted by atomic mass is 10.0. The summed E-state index contributed by atoms with van der Waals surface area (Å²) in [5.41, 5.74) is 4.04. The van der Waals surface area contributed by atoms with Crippen molar-refractivity contribution in [2.24, 2.45) is 0 Å². The monoisotopic (exact) mass is 572 g/mol. The van der Waals surface area contributed by atoms with Gasteiger partial charge in [-0.1, -0.05) is 71.9 Å². The van der Waals surface area contributed by atoms with Crippen LogP contribution in [0.5, 0.6) is 0 Å². The van der Waals surface area contributed by atoms with Crippen molar-refractivity contribution in [1.29, 1.82) is 0 Å². The minimum Gasteiger partial charge on any atom is -0.338 e. The summed E-state index contributed by atoms with van der Waals surface area (Å²) in [5.74, 6) is 1.22. The molecular weight excluding hydrogens is 536 g/mol. The summed E-state index contributed by atoms with van der Waals surface area (Å²) in [5, 5.41) is 8.45. The molecular formula is C31H36N6O3S. The summed E-state index contributed by atoms with van der Waals surface area (Å²) in [4.78, 5) is 34.7. The van der Waals surface area contributed by atoms with Gasteiger partial charge in [0.05, 0.1) is 23.5 Å². The highest BCUT2D eigenvalue weighted by Gasteiger charge is 2.26. The van der Waals surface area contributed by atoms with Crippen molar-refractivity contribution >= 4 is 18.0 Å². The molecule has 0 radical (unpaired) electrons. The smallest absolute Gasteiger partial charge is 0.263 e. The second-order valence-electron chi connectivity index (χ2n) is 10.4. The third-order valence-corrected chi connectivity index (χ3v) is 8.45. The first-order valence-corrected chi connectivity index (χ1v) is 15.0. The molecule has 4 aromatic rings. The maximum atomic E-state index is 13.2. The van der Waals surface area contributed by atoms with Crippen molar-refractivity contribution < 1.29 is 9.32 Å². The molecule has 3 heterocycles. The van der Waals surface area contributed by atoms with Crippen LogP contribution in [0.2, 0.25) is 0 Å². The number of para-hydroxylation sites is 1. The SMILES string of the molecule is CN1CCc2nc(SC3CCC3)n(-c3ccccc3)c(=O)c2C1.O=CCCNCc1nc(Cc2ccccc2)no1. The second-order valence-corrected chi connectivity index (χ2v) is 11.6. The van der Waals surface area contributed by atoms with Gasteiger partial charge in [0, 0.05) is 44.1 Å². The number of likely N-dealkylation sites (N-methyl/N-ethyl adjacent to an activating group) is 1. The highest BCUT2D eigenvalue weighted by molar-refractivity contribution is 7.99. The van der Waals surface area contributed by atoms with E-state index < -0.39 is 0 Å². The summed E-state index contributed by atoms with van der Waals surface area (Å²) in [7, 11) is 2.06. The Morgan fingerprint density at radius 2 is 1.83 bits per heavy atom. The van der Waals surface area contributed by atoms with Gasteiger partial charge >= 0.3 is 0 Å². The summed E-state index contributed by atoms with van der Waals surface area (Å²) in [6.07, 6.45) is 6.66. The molecule has 1 aliphatic heterocycles. The predicted octanol–water partition coefficient (Wildman–Crippen LogP) is 4.20. The molecule has 2 aromatic carbocycles. The molecule has 9 nitrogen and oxygen atoms in total. The lowest BCUT2D eigenvalue weighted by molar-refractivity contribution is -0.107. The van der Waals surface area contributed by atoms with Gasteiger partial charge in [0.1, 0.15) is 6.29 Å².